The van der Waals surface area contributed by atoms with Gasteiger partial charge in [0.2, 0.25) is 5.91 Å². The molecule has 3 nitrogen and oxygen atoms in total. The van der Waals surface area contributed by atoms with Gasteiger partial charge in [0.05, 0.1) is 17.1 Å². The van der Waals surface area contributed by atoms with Gasteiger partial charge >= 0.3 is 0 Å². The van der Waals surface area contributed by atoms with Crippen LogP contribution in [0.15, 0.2) is 42.5 Å². The first-order valence-corrected chi connectivity index (χ1v) is 6.39. The van der Waals surface area contributed by atoms with Gasteiger partial charge in [0.15, 0.2) is 0 Å². The van der Waals surface area contributed by atoms with Gasteiger partial charge in [0, 0.05) is 10.7 Å². The fraction of sp³-hybridized carbons (Fsp3) is 0.0714. The molecular formula is C14H12Cl2N2O. The number of nitrogens with one attached hydrogen (secondary N) is 1. The summed E-state index contributed by atoms with van der Waals surface area (Å²) >= 11 is 11.8. The highest BCUT2D eigenvalue weighted by molar-refractivity contribution is 6.33. The molecule has 0 fully saturated rings. The first-order chi connectivity index (χ1) is 9.04. The maximum absolute atomic E-state index is 11.9. The lowest BCUT2D eigenvalue weighted by Crippen LogP contribution is -2.14. The van der Waals surface area contributed by atoms with Crippen LogP contribution in [-0.4, -0.2) is 5.91 Å². The summed E-state index contributed by atoms with van der Waals surface area (Å²) in [7, 11) is 0. The van der Waals surface area contributed by atoms with Crippen molar-refractivity contribution in [2.75, 3.05) is 11.1 Å². The van der Waals surface area contributed by atoms with Crippen LogP contribution in [0, 0.1) is 0 Å². The van der Waals surface area contributed by atoms with Gasteiger partial charge in [-0.15, -0.1) is 0 Å². The normalized spacial score (nSPS) is 10.2. The van der Waals surface area contributed by atoms with Crippen molar-refractivity contribution in [2.45, 2.75) is 6.42 Å². The zero-order chi connectivity index (χ0) is 13.8. The Bertz CT molecular complexity index is 597. The molecule has 0 radical (unpaired) electrons. The second-order valence-electron chi connectivity index (χ2n) is 4.09. The van der Waals surface area contributed by atoms with E-state index in [0.717, 1.165) is 5.56 Å². The Balaban J connectivity index is 2.05. The molecular weight excluding hydrogens is 283 g/mol. The number of rotatable bonds is 3. The van der Waals surface area contributed by atoms with Crippen molar-refractivity contribution in [2.24, 2.45) is 0 Å². The van der Waals surface area contributed by atoms with E-state index in [2.05, 4.69) is 5.32 Å². The minimum Gasteiger partial charge on any atom is -0.399 e. The first kappa shape index (κ1) is 13.7. The van der Waals surface area contributed by atoms with Gasteiger partial charge in [-0.1, -0.05) is 35.3 Å². The van der Waals surface area contributed by atoms with E-state index in [1.807, 2.05) is 12.1 Å². The quantitative estimate of drug-likeness (QED) is 0.847. The molecule has 0 heterocycles. The number of hydrogen-bond acceptors (Lipinski definition) is 2. The minimum atomic E-state index is -0.158. The summed E-state index contributed by atoms with van der Waals surface area (Å²) < 4.78 is 0. The number of nitrogen functional groups attached to an aromatic ring is 1. The molecule has 0 unspecified atom stereocenters. The maximum Gasteiger partial charge on any atom is 0.228 e. The standard InChI is InChI=1S/C14H12Cl2N2O/c15-10-3-1-9(2-4-10)7-14(19)18-13-8-11(17)5-6-12(13)16/h1-6,8H,7,17H2,(H,18,19). The summed E-state index contributed by atoms with van der Waals surface area (Å²) in [6.07, 6.45) is 0.252. The molecule has 0 saturated heterocycles. The zero-order valence-corrected chi connectivity index (χ0v) is 11.5. The summed E-state index contributed by atoms with van der Waals surface area (Å²) in [5.41, 5.74) is 7.59. The molecule has 5 heteroatoms. The Morgan fingerprint density at radius 2 is 1.79 bits per heavy atom. The minimum absolute atomic E-state index is 0.158. The molecule has 0 aromatic heterocycles. The first-order valence-electron chi connectivity index (χ1n) is 5.64. The molecule has 0 bridgehead atoms. The van der Waals surface area contributed by atoms with Crippen molar-refractivity contribution in [3.8, 4) is 0 Å². The van der Waals surface area contributed by atoms with Gasteiger partial charge in [-0.25, -0.2) is 0 Å². The molecule has 0 atom stereocenters. The van der Waals surface area contributed by atoms with Crippen LogP contribution in [0.1, 0.15) is 5.56 Å². The van der Waals surface area contributed by atoms with E-state index in [0.29, 0.717) is 21.4 Å². The highest BCUT2D eigenvalue weighted by Crippen LogP contribution is 2.24. The topological polar surface area (TPSA) is 55.1 Å². The van der Waals surface area contributed by atoms with Gasteiger partial charge in [0.25, 0.3) is 0 Å². The van der Waals surface area contributed by atoms with E-state index in [4.69, 9.17) is 28.9 Å². The van der Waals surface area contributed by atoms with Gasteiger partial charge < -0.3 is 11.1 Å². The SMILES string of the molecule is Nc1ccc(Cl)c(NC(=O)Cc2ccc(Cl)cc2)c1. The highest BCUT2D eigenvalue weighted by Gasteiger charge is 2.07. The van der Waals surface area contributed by atoms with Crippen LogP contribution in [0.4, 0.5) is 11.4 Å². The smallest absolute Gasteiger partial charge is 0.228 e. The van der Waals surface area contributed by atoms with E-state index >= 15 is 0 Å². The number of amides is 1. The summed E-state index contributed by atoms with van der Waals surface area (Å²) in [5.74, 6) is -0.158. The van der Waals surface area contributed by atoms with Crippen LogP contribution in [0.5, 0.6) is 0 Å². The fourth-order valence-electron chi connectivity index (χ4n) is 1.62. The van der Waals surface area contributed by atoms with Crippen molar-refractivity contribution in [3.05, 3.63) is 58.1 Å². The summed E-state index contributed by atoms with van der Waals surface area (Å²) in [6.45, 7) is 0. The van der Waals surface area contributed by atoms with Gasteiger partial charge in [-0.2, -0.15) is 0 Å². The molecule has 0 aliphatic heterocycles. The third-order valence-corrected chi connectivity index (χ3v) is 3.12. The Morgan fingerprint density at radius 3 is 2.47 bits per heavy atom. The predicted octanol–water partition coefficient (Wildman–Crippen LogP) is 3.76. The Labute approximate surface area is 121 Å². The lowest BCUT2D eigenvalue weighted by atomic mass is 10.1. The highest BCUT2D eigenvalue weighted by atomic mass is 35.5. The van der Waals surface area contributed by atoms with E-state index in [1.54, 1.807) is 30.3 Å². The molecule has 98 valence electrons. The zero-order valence-electron chi connectivity index (χ0n) is 9.99. The second-order valence-corrected chi connectivity index (χ2v) is 4.93. The van der Waals surface area contributed by atoms with Crippen LogP contribution >= 0.6 is 23.2 Å². The second kappa shape index (κ2) is 5.95. The lowest BCUT2D eigenvalue weighted by Gasteiger charge is -2.08. The lowest BCUT2D eigenvalue weighted by molar-refractivity contribution is -0.115. The predicted molar refractivity (Wildman–Crippen MR) is 79.7 cm³/mol. The molecule has 0 saturated carbocycles. The summed E-state index contributed by atoms with van der Waals surface area (Å²) in [4.78, 5) is 11.9. The third kappa shape index (κ3) is 3.88. The molecule has 0 aliphatic rings. The monoisotopic (exact) mass is 294 g/mol. The van der Waals surface area contributed by atoms with Crippen LogP contribution < -0.4 is 11.1 Å². The molecule has 1 amide bonds. The Kier molecular flexibility index (Phi) is 4.30. The molecule has 2 aromatic carbocycles. The van der Waals surface area contributed by atoms with E-state index < -0.39 is 0 Å². The number of carbonyl (C=O) groups is 1. The van der Waals surface area contributed by atoms with Gasteiger partial charge in [-0.3, -0.25) is 4.79 Å². The van der Waals surface area contributed by atoms with Crippen LogP contribution in [0.3, 0.4) is 0 Å². The fourth-order valence-corrected chi connectivity index (χ4v) is 1.91. The molecule has 2 rings (SSSR count). The third-order valence-electron chi connectivity index (χ3n) is 2.54. The van der Waals surface area contributed by atoms with Gasteiger partial charge in [0.1, 0.15) is 0 Å². The molecule has 19 heavy (non-hydrogen) atoms. The van der Waals surface area contributed by atoms with Crippen LogP contribution in [0.2, 0.25) is 10.0 Å². The van der Waals surface area contributed by atoms with E-state index in [1.165, 1.54) is 0 Å². The summed E-state index contributed by atoms with van der Waals surface area (Å²) in [5, 5.41) is 3.83. The molecule has 3 N–H and O–H groups in total. The van der Waals surface area contributed by atoms with Gasteiger partial charge in [-0.05, 0) is 35.9 Å². The van der Waals surface area contributed by atoms with Crippen molar-refractivity contribution in [3.63, 3.8) is 0 Å². The van der Waals surface area contributed by atoms with E-state index in [-0.39, 0.29) is 12.3 Å². The maximum atomic E-state index is 11.9. The average Bonchev–Trinajstić information content (AvgIpc) is 2.37. The van der Waals surface area contributed by atoms with Crippen LogP contribution in [-0.2, 0) is 11.2 Å². The van der Waals surface area contributed by atoms with E-state index in [9.17, 15) is 4.79 Å². The molecule has 0 aliphatic carbocycles. The van der Waals surface area contributed by atoms with Crippen molar-refractivity contribution >= 4 is 40.5 Å². The summed E-state index contributed by atoms with van der Waals surface area (Å²) in [6, 6.07) is 12.1. The largest absolute Gasteiger partial charge is 0.399 e. The number of nitrogens with two attached hydrogens (primary N) is 1. The van der Waals surface area contributed by atoms with Crippen LogP contribution in [0.25, 0.3) is 0 Å². The van der Waals surface area contributed by atoms with Crippen molar-refractivity contribution in [1.29, 1.82) is 0 Å². The average molecular weight is 295 g/mol. The number of anilines is 2. The Morgan fingerprint density at radius 1 is 1.11 bits per heavy atom. The van der Waals surface area contributed by atoms with Crippen molar-refractivity contribution in [1.82, 2.24) is 0 Å². The number of halogens is 2. The molecule has 2 aromatic rings. The Hall–Kier alpha value is -1.71. The number of hydrogen-bond donors (Lipinski definition) is 2. The number of benzene rings is 2. The van der Waals surface area contributed by atoms with Crippen molar-refractivity contribution < 1.29 is 4.79 Å². The number of carbonyl (C=O) groups excluding carboxylic acids is 1. The molecule has 0 spiro atoms.